The van der Waals surface area contributed by atoms with Crippen LogP contribution >= 0.6 is 28.1 Å². The van der Waals surface area contributed by atoms with Crippen LogP contribution in [0.4, 0.5) is 0 Å². The van der Waals surface area contributed by atoms with E-state index in [4.69, 9.17) is 0 Å². The average Bonchev–Trinajstić information content (AvgIpc) is 3.14. The third-order valence-electron chi connectivity index (χ3n) is 9.61. The van der Waals surface area contributed by atoms with Crippen molar-refractivity contribution in [3.8, 4) is 0 Å². The Labute approximate surface area is 278 Å². The molecular weight excluding hydrogens is 646 g/mol. The topological polar surface area (TPSA) is 0 Å². The summed E-state index contributed by atoms with van der Waals surface area (Å²) in [5.41, 5.74) is 0. The summed E-state index contributed by atoms with van der Waals surface area (Å²) in [4.78, 5) is 0. The van der Waals surface area contributed by atoms with Crippen LogP contribution in [0.25, 0.3) is 0 Å². The quantitative estimate of drug-likeness (QED) is 0.0839. The van der Waals surface area contributed by atoms with E-state index < -0.39 is 12.6 Å². The fourth-order valence-corrected chi connectivity index (χ4v) is 20.4. The van der Waals surface area contributed by atoms with E-state index in [0.29, 0.717) is 0 Å². The van der Waals surface area contributed by atoms with E-state index in [2.05, 4.69) is 197 Å². The van der Waals surface area contributed by atoms with Gasteiger partial charge in [0, 0.05) is 0 Å². The third-order valence-corrected chi connectivity index (χ3v) is 25.3. The molecule has 0 spiro atoms. The van der Waals surface area contributed by atoms with Crippen LogP contribution in [0.1, 0.15) is 25.7 Å². The minimum absolute atomic E-state index is 1.12. The Morgan fingerprint density at radius 2 is 0.644 bits per heavy atom. The molecule has 0 atom stereocenters. The van der Waals surface area contributed by atoms with E-state index >= 15 is 0 Å². The van der Waals surface area contributed by atoms with Gasteiger partial charge >= 0.3 is 280 Å². The molecule has 45 heavy (non-hydrogen) atoms. The Morgan fingerprint density at radius 3 is 0.978 bits per heavy atom. The van der Waals surface area contributed by atoms with Crippen LogP contribution in [0.5, 0.6) is 0 Å². The summed E-state index contributed by atoms with van der Waals surface area (Å²) in [5, 5.41) is 5.50. The predicted octanol–water partition coefficient (Wildman–Crippen LogP) is 9.11. The molecule has 0 aliphatic heterocycles. The van der Waals surface area contributed by atoms with Crippen molar-refractivity contribution in [2.24, 2.45) is 0 Å². The van der Waals surface area contributed by atoms with Gasteiger partial charge in [-0.25, -0.2) is 0 Å². The van der Waals surface area contributed by atoms with Crippen LogP contribution < -0.4 is 31.8 Å². The zero-order chi connectivity index (χ0) is 30.9. The number of halogens is 1. The van der Waals surface area contributed by atoms with E-state index in [1.807, 2.05) is 0 Å². The first-order valence-corrected chi connectivity index (χ1v) is 23.2. The molecule has 6 aromatic carbocycles. The Morgan fingerprint density at radius 1 is 0.356 bits per heavy atom. The van der Waals surface area contributed by atoms with Gasteiger partial charge in [0.25, 0.3) is 0 Å². The summed E-state index contributed by atoms with van der Waals surface area (Å²) in [5.74, 6) is 0. The van der Waals surface area contributed by atoms with E-state index in [-0.39, 0.29) is 0 Å². The zero-order valence-corrected chi connectivity index (χ0v) is 29.4. The van der Waals surface area contributed by atoms with Crippen molar-refractivity contribution in [3.63, 3.8) is 0 Å². The van der Waals surface area contributed by atoms with Gasteiger partial charge in [-0.3, -0.25) is 0 Å². The average molecular weight is 690 g/mol. The van der Waals surface area contributed by atoms with Crippen molar-refractivity contribution in [2.45, 2.75) is 25.7 Å². The molecule has 0 unspecified atom stereocenters. The zero-order valence-electron chi connectivity index (χ0n) is 25.9. The van der Waals surface area contributed by atoms with Crippen LogP contribution in [0.2, 0.25) is 0 Å². The number of benzene rings is 6. The summed E-state index contributed by atoms with van der Waals surface area (Å²) in [6, 6.07) is 67.6. The van der Waals surface area contributed by atoms with Gasteiger partial charge in [-0.15, -0.1) is 0 Å². The molecule has 0 aliphatic carbocycles. The number of hydrogen-bond donors (Lipinski definition) is 0. The molecule has 0 amide bonds. The number of hydrogen-bond acceptors (Lipinski definition) is 0. The normalized spacial score (nSPS) is 12.7. The Bertz CT molecular complexity index is 1550. The van der Waals surface area contributed by atoms with Crippen molar-refractivity contribution < 1.29 is 0 Å². The number of unbranched alkanes of at least 4 members (excludes halogenated alkanes) is 3. The molecule has 0 radical (unpaired) electrons. The maximum absolute atomic E-state index is 4.67. The van der Waals surface area contributed by atoms with E-state index in [1.165, 1.54) is 63.7 Å². The van der Waals surface area contributed by atoms with Crippen LogP contribution in [-0.2, 0) is 0 Å². The first kappa shape index (κ1) is 31.6. The Hall–Kier alpha value is -3.34. The third kappa shape index (κ3) is 6.24. The van der Waals surface area contributed by atoms with Crippen molar-refractivity contribution >= 4 is 59.9 Å². The maximum atomic E-state index is 4.67. The number of rotatable bonds is 13. The molecule has 0 saturated heterocycles. The molecular formula is C42H43BrP2. The molecule has 0 bridgehead atoms. The standard InChI is InChI=1S/C42H43BrP2/c43-45(40-29-15-6-16-30-40,41-31-17-7-18-32-41,42-33-19-8-20-34-42)36-22-2-1-21-35-44(37-23-9-3-10-24-37,38-25-11-4-12-26-38)39-27-13-5-14-28-39/h3-20,23-34,45H,1-2,21-22,35-36H2. The molecule has 6 aromatic rings. The van der Waals surface area contributed by atoms with Crippen LogP contribution in [0.3, 0.4) is 0 Å². The van der Waals surface area contributed by atoms with Crippen molar-refractivity contribution in [3.05, 3.63) is 182 Å². The van der Waals surface area contributed by atoms with Crippen molar-refractivity contribution in [1.82, 2.24) is 0 Å². The molecule has 6 rings (SSSR count). The van der Waals surface area contributed by atoms with E-state index in [0.717, 1.165) is 6.16 Å². The second kappa shape index (κ2) is 14.4. The van der Waals surface area contributed by atoms with Gasteiger partial charge in [-0.2, -0.15) is 0 Å². The SMILES string of the molecule is Br[PH-](CCCCCC[P+](c1ccccc1)(c1ccccc1)c1ccccc1)(c1ccccc1)(c1ccccc1)c1ccccc1. The first-order chi connectivity index (χ1) is 22.2. The summed E-state index contributed by atoms with van der Waals surface area (Å²) in [7, 11) is -1.79. The summed E-state index contributed by atoms with van der Waals surface area (Å²) < 4.78 is 0. The molecule has 0 aromatic heterocycles. The van der Waals surface area contributed by atoms with E-state index in [9.17, 15) is 0 Å². The van der Waals surface area contributed by atoms with Gasteiger partial charge in [0.05, 0.1) is 0 Å². The predicted molar refractivity (Wildman–Crippen MR) is 209 cm³/mol. The van der Waals surface area contributed by atoms with Gasteiger partial charge < -0.3 is 0 Å². The first-order valence-electron chi connectivity index (χ1n) is 16.2. The van der Waals surface area contributed by atoms with Crippen molar-refractivity contribution in [2.75, 3.05) is 12.3 Å². The summed E-state index contributed by atoms with van der Waals surface area (Å²) in [6.07, 6.45) is 7.10. The molecule has 228 valence electrons. The van der Waals surface area contributed by atoms with Gasteiger partial charge in [-0.1, -0.05) is 0 Å². The molecule has 0 fully saturated rings. The molecule has 0 saturated carbocycles. The fraction of sp³-hybridized carbons (Fsp3) is 0.143. The Kier molecular flexibility index (Phi) is 10.1. The minimum atomic E-state index is -3.22. The van der Waals surface area contributed by atoms with Gasteiger partial charge in [0.2, 0.25) is 0 Å². The molecule has 0 N–H and O–H groups in total. The monoisotopic (exact) mass is 688 g/mol. The second-order valence-electron chi connectivity index (χ2n) is 12.1. The fourth-order valence-electron chi connectivity index (χ4n) is 7.33. The van der Waals surface area contributed by atoms with Gasteiger partial charge in [0.15, 0.2) is 0 Å². The summed E-state index contributed by atoms with van der Waals surface area (Å²) in [6.45, 7) is 0. The molecule has 3 heteroatoms. The van der Waals surface area contributed by atoms with Gasteiger partial charge in [-0.05, 0) is 0 Å². The second-order valence-corrected chi connectivity index (χ2v) is 25.9. The summed E-state index contributed by atoms with van der Waals surface area (Å²) >= 11 is 4.67. The van der Waals surface area contributed by atoms with Crippen LogP contribution in [-0.4, -0.2) is 12.3 Å². The molecule has 0 nitrogen and oxygen atoms in total. The molecule has 0 aliphatic rings. The van der Waals surface area contributed by atoms with Crippen molar-refractivity contribution in [1.29, 1.82) is 0 Å². The van der Waals surface area contributed by atoms with Crippen LogP contribution in [0.15, 0.2) is 182 Å². The Balaban J connectivity index is 1.28. The van der Waals surface area contributed by atoms with Gasteiger partial charge in [0.1, 0.15) is 0 Å². The van der Waals surface area contributed by atoms with E-state index in [1.54, 1.807) is 0 Å². The van der Waals surface area contributed by atoms with Crippen LogP contribution in [0, 0.1) is 0 Å². The molecule has 0 heterocycles.